The van der Waals surface area contributed by atoms with Crippen LogP contribution in [0.1, 0.15) is 21.7 Å². The fourth-order valence-corrected chi connectivity index (χ4v) is 1.54. The van der Waals surface area contributed by atoms with Crippen LogP contribution in [0.15, 0.2) is 30.3 Å². The lowest BCUT2D eigenvalue weighted by Gasteiger charge is -2.04. The highest BCUT2D eigenvalue weighted by Crippen LogP contribution is 2.14. The Morgan fingerprint density at radius 3 is 2.82 bits per heavy atom. The zero-order valence-corrected chi connectivity index (χ0v) is 9.08. The van der Waals surface area contributed by atoms with Crippen molar-refractivity contribution in [2.24, 2.45) is 0 Å². The third-order valence-electron chi connectivity index (χ3n) is 2.29. The van der Waals surface area contributed by atoms with Gasteiger partial charge in [-0.1, -0.05) is 12.1 Å². The number of nitrogens with zero attached hydrogens (tertiary/aromatic N) is 3. The highest BCUT2D eigenvalue weighted by Gasteiger charge is 2.15. The molecule has 1 heterocycles. The maximum atomic E-state index is 11.0. The number of rotatable bonds is 2. The number of carboxylic acid groups (broad SMARTS) is 1. The van der Waals surface area contributed by atoms with Crippen molar-refractivity contribution in [1.29, 1.82) is 5.26 Å². The van der Waals surface area contributed by atoms with E-state index in [2.05, 4.69) is 5.10 Å². The molecule has 2 rings (SSSR count). The van der Waals surface area contributed by atoms with Gasteiger partial charge in [0.2, 0.25) is 0 Å². The van der Waals surface area contributed by atoms with Gasteiger partial charge >= 0.3 is 5.97 Å². The van der Waals surface area contributed by atoms with Crippen LogP contribution in [0.5, 0.6) is 0 Å². The number of hydrogen-bond donors (Lipinski definition) is 1. The van der Waals surface area contributed by atoms with Crippen molar-refractivity contribution in [3.8, 4) is 11.8 Å². The minimum atomic E-state index is -1.11. The predicted octanol–water partition coefficient (Wildman–Crippen LogP) is 1.75. The minimum Gasteiger partial charge on any atom is -0.477 e. The largest absolute Gasteiger partial charge is 0.477 e. The van der Waals surface area contributed by atoms with Gasteiger partial charge in [0.15, 0.2) is 11.4 Å². The van der Waals surface area contributed by atoms with E-state index < -0.39 is 5.97 Å². The number of carbonyl (C=O) groups is 1. The number of carboxylic acids is 1. The molecule has 0 bridgehead atoms. The van der Waals surface area contributed by atoms with E-state index in [0.29, 0.717) is 5.69 Å². The van der Waals surface area contributed by atoms with Gasteiger partial charge in [-0.25, -0.2) is 9.48 Å². The molecule has 0 atom stereocenters. The van der Waals surface area contributed by atoms with E-state index in [1.807, 2.05) is 25.1 Å². The Bertz CT molecular complexity index is 623. The lowest BCUT2D eigenvalue weighted by Crippen LogP contribution is -2.07. The summed E-state index contributed by atoms with van der Waals surface area (Å²) in [5, 5.41) is 21.7. The van der Waals surface area contributed by atoms with Gasteiger partial charge in [0.1, 0.15) is 6.07 Å². The maximum Gasteiger partial charge on any atom is 0.354 e. The van der Waals surface area contributed by atoms with Gasteiger partial charge in [0.05, 0.1) is 5.69 Å². The van der Waals surface area contributed by atoms with E-state index in [1.54, 1.807) is 12.1 Å². The van der Waals surface area contributed by atoms with Crippen LogP contribution in [-0.2, 0) is 0 Å². The first kappa shape index (κ1) is 10.9. The van der Waals surface area contributed by atoms with Crippen molar-refractivity contribution in [3.05, 3.63) is 47.3 Å². The van der Waals surface area contributed by atoms with Crippen LogP contribution in [-0.4, -0.2) is 20.9 Å². The molecule has 0 radical (unpaired) electrons. The third kappa shape index (κ3) is 2.01. The predicted molar refractivity (Wildman–Crippen MR) is 60.0 cm³/mol. The van der Waals surface area contributed by atoms with Crippen LogP contribution in [0.2, 0.25) is 0 Å². The number of aryl methyl sites for hydroxylation is 1. The smallest absolute Gasteiger partial charge is 0.354 e. The summed E-state index contributed by atoms with van der Waals surface area (Å²) in [4.78, 5) is 11.0. The lowest BCUT2D eigenvalue weighted by atomic mass is 10.2. The molecule has 17 heavy (non-hydrogen) atoms. The summed E-state index contributed by atoms with van der Waals surface area (Å²) in [7, 11) is 0. The van der Waals surface area contributed by atoms with Gasteiger partial charge < -0.3 is 5.11 Å². The van der Waals surface area contributed by atoms with Gasteiger partial charge in [-0.2, -0.15) is 10.4 Å². The van der Waals surface area contributed by atoms with E-state index in [1.165, 1.54) is 10.7 Å². The summed E-state index contributed by atoms with van der Waals surface area (Å²) < 4.78 is 1.26. The monoisotopic (exact) mass is 227 g/mol. The van der Waals surface area contributed by atoms with Crippen LogP contribution >= 0.6 is 0 Å². The molecule has 0 saturated carbocycles. The molecule has 0 aliphatic carbocycles. The van der Waals surface area contributed by atoms with Gasteiger partial charge in [-0.05, 0) is 24.6 Å². The molecule has 1 N–H and O–H groups in total. The number of benzene rings is 1. The van der Waals surface area contributed by atoms with Crippen molar-refractivity contribution in [3.63, 3.8) is 0 Å². The third-order valence-corrected chi connectivity index (χ3v) is 2.29. The van der Waals surface area contributed by atoms with Gasteiger partial charge in [-0.15, -0.1) is 0 Å². The second kappa shape index (κ2) is 4.10. The van der Waals surface area contributed by atoms with E-state index in [4.69, 9.17) is 10.4 Å². The molecule has 5 nitrogen and oxygen atoms in total. The van der Waals surface area contributed by atoms with Crippen LogP contribution in [0.4, 0.5) is 0 Å². The fourth-order valence-electron chi connectivity index (χ4n) is 1.54. The standard InChI is InChI=1S/C12H9N3O2/c1-8-3-2-4-10(5-8)15-11(12(16)17)6-9(7-13)14-15/h2-6H,1H3,(H,16,17). The Kier molecular flexibility index (Phi) is 2.63. The Labute approximate surface area is 97.5 Å². The second-order valence-corrected chi connectivity index (χ2v) is 3.58. The van der Waals surface area contributed by atoms with Crippen LogP contribution < -0.4 is 0 Å². The average Bonchev–Trinajstić information content (AvgIpc) is 2.73. The van der Waals surface area contributed by atoms with Crippen molar-refractivity contribution in [2.75, 3.05) is 0 Å². The molecule has 0 unspecified atom stereocenters. The van der Waals surface area contributed by atoms with Crippen LogP contribution in [0.3, 0.4) is 0 Å². The molecule has 1 aromatic heterocycles. The molecular formula is C12H9N3O2. The highest BCUT2D eigenvalue weighted by molar-refractivity contribution is 5.86. The molecule has 84 valence electrons. The van der Waals surface area contributed by atoms with E-state index >= 15 is 0 Å². The first-order valence-corrected chi connectivity index (χ1v) is 4.92. The molecule has 0 aliphatic heterocycles. The molecule has 0 spiro atoms. The Balaban J connectivity index is 2.62. The molecular weight excluding hydrogens is 218 g/mol. The van der Waals surface area contributed by atoms with Crippen molar-refractivity contribution >= 4 is 5.97 Å². The summed E-state index contributed by atoms with van der Waals surface area (Å²) in [5.41, 5.74) is 1.69. The Morgan fingerprint density at radius 2 is 2.24 bits per heavy atom. The SMILES string of the molecule is Cc1cccc(-n2nc(C#N)cc2C(=O)O)c1. The zero-order valence-electron chi connectivity index (χ0n) is 9.08. The van der Waals surface area contributed by atoms with Gasteiger partial charge in [0, 0.05) is 6.07 Å². The lowest BCUT2D eigenvalue weighted by molar-refractivity contribution is 0.0687. The first-order chi connectivity index (χ1) is 8.11. The first-order valence-electron chi connectivity index (χ1n) is 4.92. The highest BCUT2D eigenvalue weighted by atomic mass is 16.4. The molecule has 2 aromatic rings. The van der Waals surface area contributed by atoms with E-state index in [0.717, 1.165) is 5.56 Å². The van der Waals surface area contributed by atoms with Gasteiger partial charge in [-0.3, -0.25) is 0 Å². The topological polar surface area (TPSA) is 78.9 Å². The van der Waals surface area contributed by atoms with Crippen molar-refractivity contribution in [2.45, 2.75) is 6.92 Å². The summed E-state index contributed by atoms with van der Waals surface area (Å²) >= 11 is 0. The Hall–Kier alpha value is -2.61. The fraction of sp³-hybridized carbons (Fsp3) is 0.0833. The number of hydrogen-bond acceptors (Lipinski definition) is 3. The second-order valence-electron chi connectivity index (χ2n) is 3.58. The molecule has 5 heteroatoms. The van der Waals surface area contributed by atoms with Crippen LogP contribution in [0.25, 0.3) is 5.69 Å². The summed E-state index contributed by atoms with van der Waals surface area (Å²) in [6.07, 6.45) is 0. The summed E-state index contributed by atoms with van der Waals surface area (Å²) in [6.45, 7) is 1.90. The number of aromatic nitrogens is 2. The Morgan fingerprint density at radius 1 is 1.47 bits per heavy atom. The molecule has 0 fully saturated rings. The normalized spacial score (nSPS) is 9.88. The van der Waals surface area contributed by atoms with E-state index in [-0.39, 0.29) is 11.4 Å². The molecule has 0 amide bonds. The molecule has 0 saturated heterocycles. The molecule has 1 aromatic carbocycles. The van der Waals surface area contributed by atoms with Crippen molar-refractivity contribution < 1.29 is 9.90 Å². The molecule has 0 aliphatic rings. The van der Waals surface area contributed by atoms with Crippen molar-refractivity contribution in [1.82, 2.24) is 9.78 Å². The minimum absolute atomic E-state index is 0.0212. The summed E-state index contributed by atoms with van der Waals surface area (Å²) in [5.74, 6) is -1.11. The maximum absolute atomic E-state index is 11.0. The van der Waals surface area contributed by atoms with E-state index in [9.17, 15) is 4.79 Å². The quantitative estimate of drug-likeness (QED) is 0.847. The number of aromatic carboxylic acids is 1. The summed E-state index contributed by atoms with van der Waals surface area (Å²) in [6, 6.07) is 10.3. The van der Waals surface area contributed by atoms with Crippen LogP contribution in [0, 0.1) is 18.3 Å². The average molecular weight is 227 g/mol. The van der Waals surface area contributed by atoms with Gasteiger partial charge in [0.25, 0.3) is 0 Å². The number of nitriles is 1. The zero-order chi connectivity index (χ0) is 12.4.